The number of halogens is 2. The van der Waals surface area contributed by atoms with E-state index in [1.807, 2.05) is 0 Å². The van der Waals surface area contributed by atoms with Crippen molar-refractivity contribution in [3.8, 4) is 22.8 Å². The summed E-state index contributed by atoms with van der Waals surface area (Å²) in [5, 5.41) is 20.5. The monoisotopic (exact) mass is 365 g/mol. The zero-order valence-corrected chi connectivity index (χ0v) is 14.0. The van der Waals surface area contributed by atoms with Crippen molar-refractivity contribution >= 4 is 39.1 Å². The van der Waals surface area contributed by atoms with Crippen LogP contribution in [0.4, 0.5) is 5.88 Å². The van der Waals surface area contributed by atoms with Crippen molar-refractivity contribution < 1.29 is 23.0 Å². The molecule has 0 unspecified atom stereocenters. The lowest BCUT2D eigenvalue weighted by Gasteiger charge is -2.14. The van der Waals surface area contributed by atoms with Gasteiger partial charge in [-0.1, -0.05) is 23.2 Å². The van der Waals surface area contributed by atoms with Crippen LogP contribution in [0, 0.1) is 0 Å². The van der Waals surface area contributed by atoms with Gasteiger partial charge in [0.2, 0.25) is 21.5 Å². The van der Waals surface area contributed by atoms with Crippen LogP contribution in [0.25, 0.3) is 11.3 Å². The maximum absolute atomic E-state index is 11.8. The molecule has 0 radical (unpaired) electrons. The van der Waals surface area contributed by atoms with E-state index in [4.69, 9.17) is 27.6 Å². The highest BCUT2D eigenvalue weighted by Gasteiger charge is 2.28. The molecule has 0 fully saturated rings. The normalized spacial score (nSPS) is 11.6. The Morgan fingerprint density at radius 2 is 1.68 bits per heavy atom. The molecule has 0 aliphatic rings. The molecule has 0 bridgehead atoms. The van der Waals surface area contributed by atoms with Crippen molar-refractivity contribution in [2.24, 2.45) is 0 Å². The van der Waals surface area contributed by atoms with Crippen molar-refractivity contribution in [3.63, 3.8) is 0 Å². The largest absolute Gasteiger partial charge is 0.502 e. The lowest BCUT2D eigenvalue weighted by Crippen LogP contribution is -2.27. The molecule has 2 N–H and O–H groups in total. The third-order valence-corrected chi connectivity index (χ3v) is 5.20. The molecule has 0 saturated heterocycles. The molecule has 120 valence electrons. The summed E-state index contributed by atoms with van der Waals surface area (Å²) >= 11 is 11.8. The maximum Gasteiger partial charge on any atom is 0.256 e. The lowest BCUT2D eigenvalue weighted by atomic mass is 10.1. The number of aromatic hydroxyl groups is 2. The van der Waals surface area contributed by atoms with Crippen LogP contribution in [-0.2, 0) is 10.0 Å². The van der Waals surface area contributed by atoms with E-state index in [1.165, 1.54) is 32.2 Å². The summed E-state index contributed by atoms with van der Waals surface area (Å²) < 4.78 is 29.8. The first-order valence-electron chi connectivity index (χ1n) is 6.15. The van der Waals surface area contributed by atoms with Crippen LogP contribution in [0.3, 0.4) is 0 Å². The third-order valence-electron chi connectivity index (χ3n) is 3.03. The summed E-state index contributed by atoms with van der Waals surface area (Å²) in [6, 6.07) is 4.41. The van der Waals surface area contributed by atoms with E-state index < -0.39 is 21.5 Å². The number of nitrogens with zero attached hydrogens (tertiary/aromatic N) is 1. The van der Waals surface area contributed by atoms with Gasteiger partial charge in [0.15, 0.2) is 5.76 Å². The topological polar surface area (TPSA) is 91.0 Å². The lowest BCUT2D eigenvalue weighted by molar-refractivity contribution is 0.409. The molecule has 1 aromatic heterocycles. The van der Waals surface area contributed by atoms with Gasteiger partial charge in [-0.3, -0.25) is 0 Å². The second kappa shape index (κ2) is 5.91. The Hall–Kier alpha value is -1.57. The van der Waals surface area contributed by atoms with E-state index in [0.717, 1.165) is 4.31 Å². The number of sulfonamides is 1. The number of hydrogen-bond acceptors (Lipinski definition) is 5. The quantitative estimate of drug-likeness (QED) is 0.865. The second-order valence-corrected chi connectivity index (χ2v) is 7.62. The Morgan fingerprint density at radius 3 is 2.18 bits per heavy atom. The van der Waals surface area contributed by atoms with Crippen LogP contribution in [0.5, 0.6) is 11.5 Å². The first kappa shape index (κ1) is 16.8. The Kier molecular flexibility index (Phi) is 4.51. The van der Waals surface area contributed by atoms with Gasteiger partial charge in [0.1, 0.15) is 0 Å². The molecule has 0 atom stereocenters. The second-order valence-electron chi connectivity index (χ2n) is 4.46. The molecule has 1 heterocycles. The van der Waals surface area contributed by atoms with Crippen LogP contribution in [0.1, 0.15) is 6.92 Å². The zero-order valence-electron chi connectivity index (χ0n) is 11.7. The summed E-state index contributed by atoms with van der Waals surface area (Å²) in [6.45, 7) is 1.45. The fourth-order valence-corrected chi connectivity index (χ4v) is 3.11. The van der Waals surface area contributed by atoms with Crippen LogP contribution < -0.4 is 4.31 Å². The minimum absolute atomic E-state index is 0.130. The van der Waals surface area contributed by atoms with Crippen molar-refractivity contribution in [1.82, 2.24) is 0 Å². The molecule has 0 aliphatic carbocycles. The number of furan rings is 1. The van der Waals surface area contributed by atoms with Crippen LogP contribution >= 0.6 is 23.2 Å². The highest BCUT2D eigenvalue weighted by molar-refractivity contribution is 7.92. The fourth-order valence-electron chi connectivity index (χ4n) is 1.82. The van der Waals surface area contributed by atoms with Gasteiger partial charge >= 0.3 is 0 Å². The smallest absolute Gasteiger partial charge is 0.256 e. The molecule has 1 aromatic carbocycles. The summed E-state index contributed by atoms with van der Waals surface area (Å²) in [6.07, 6.45) is 0. The van der Waals surface area contributed by atoms with Gasteiger partial charge in [0, 0.05) is 22.7 Å². The summed E-state index contributed by atoms with van der Waals surface area (Å²) in [5.74, 6) is -1.97. The molecule has 0 amide bonds. The molecule has 0 aliphatic heterocycles. The van der Waals surface area contributed by atoms with E-state index in [0.29, 0.717) is 15.6 Å². The van der Waals surface area contributed by atoms with Crippen LogP contribution in [0.2, 0.25) is 10.0 Å². The molecular weight excluding hydrogens is 353 g/mol. The summed E-state index contributed by atoms with van der Waals surface area (Å²) in [7, 11) is -2.45. The summed E-state index contributed by atoms with van der Waals surface area (Å²) in [5.41, 5.74) is 0.304. The van der Waals surface area contributed by atoms with Gasteiger partial charge in [0.05, 0.1) is 5.75 Å². The third kappa shape index (κ3) is 2.97. The molecule has 2 rings (SSSR count). The van der Waals surface area contributed by atoms with Crippen molar-refractivity contribution in [3.05, 3.63) is 28.2 Å². The predicted molar refractivity (Wildman–Crippen MR) is 85.4 cm³/mol. The van der Waals surface area contributed by atoms with Gasteiger partial charge in [0.25, 0.3) is 5.88 Å². The Balaban J connectivity index is 2.60. The van der Waals surface area contributed by atoms with E-state index in [9.17, 15) is 18.6 Å². The molecule has 0 spiro atoms. The van der Waals surface area contributed by atoms with Crippen molar-refractivity contribution in [2.75, 3.05) is 17.1 Å². The minimum Gasteiger partial charge on any atom is -0.502 e. The number of rotatable bonds is 4. The molecule has 2 aromatic rings. The molecule has 9 heteroatoms. The number of anilines is 1. The number of hydrogen-bond donors (Lipinski definition) is 2. The maximum atomic E-state index is 11.8. The summed E-state index contributed by atoms with van der Waals surface area (Å²) in [4.78, 5) is 0. The van der Waals surface area contributed by atoms with Gasteiger partial charge in [-0.05, 0) is 25.1 Å². The Morgan fingerprint density at radius 1 is 1.14 bits per heavy atom. The van der Waals surface area contributed by atoms with E-state index in [-0.39, 0.29) is 17.4 Å². The van der Waals surface area contributed by atoms with Crippen LogP contribution in [-0.4, -0.2) is 31.4 Å². The fraction of sp³-hybridized carbons (Fsp3) is 0.231. The zero-order chi connectivity index (χ0) is 16.7. The first-order chi connectivity index (χ1) is 10.2. The van der Waals surface area contributed by atoms with Crippen LogP contribution in [0.15, 0.2) is 22.6 Å². The average molecular weight is 366 g/mol. The van der Waals surface area contributed by atoms with E-state index >= 15 is 0 Å². The highest BCUT2D eigenvalue weighted by atomic mass is 35.5. The first-order valence-corrected chi connectivity index (χ1v) is 8.51. The van der Waals surface area contributed by atoms with Gasteiger partial charge in [-0.15, -0.1) is 0 Å². The SMILES string of the molecule is CCS(=O)(=O)N(C)c1oc(-c2cc(Cl)cc(Cl)c2)c(O)c1O. The van der Waals surface area contributed by atoms with Gasteiger partial charge in [-0.2, -0.15) is 0 Å². The molecule has 22 heavy (non-hydrogen) atoms. The average Bonchev–Trinajstić information content (AvgIpc) is 2.73. The van der Waals surface area contributed by atoms with Gasteiger partial charge in [-0.25, -0.2) is 12.7 Å². The number of benzene rings is 1. The van der Waals surface area contributed by atoms with E-state index in [1.54, 1.807) is 0 Å². The van der Waals surface area contributed by atoms with Crippen molar-refractivity contribution in [1.29, 1.82) is 0 Å². The predicted octanol–water partition coefficient (Wildman–Crippen LogP) is 3.45. The molecular formula is C13H13Cl2NO5S. The standard InChI is InChI=1S/C13H13Cl2NO5S/c1-3-22(19,20)16(2)13-11(18)10(17)12(21-13)7-4-8(14)6-9(15)5-7/h4-6,17-18H,3H2,1-2H3. The highest BCUT2D eigenvalue weighted by Crippen LogP contribution is 2.47. The Bertz CT molecular complexity index is 796. The minimum atomic E-state index is -3.66. The molecule has 0 saturated carbocycles. The van der Waals surface area contributed by atoms with Gasteiger partial charge < -0.3 is 14.6 Å². The van der Waals surface area contributed by atoms with E-state index in [2.05, 4.69) is 0 Å². The Labute approximate surface area is 137 Å². The molecule has 6 nitrogen and oxygen atoms in total. The van der Waals surface area contributed by atoms with Crippen molar-refractivity contribution in [2.45, 2.75) is 6.92 Å².